The third-order valence-corrected chi connectivity index (χ3v) is 14.0. The summed E-state index contributed by atoms with van der Waals surface area (Å²) in [4.78, 5) is 0. The van der Waals surface area contributed by atoms with Crippen molar-refractivity contribution in [2.24, 2.45) is 0 Å². The molecular weight excluding hydrogens is 727 g/mol. The average molecular weight is 760 g/mol. The maximum Gasteiger partial charge on any atom is 0.0640 e. The number of hydrogen-bond donors (Lipinski definition) is 0. The largest absolute Gasteiger partial charge is 0.308 e. The first kappa shape index (κ1) is 32.5. The molecule has 3 aromatic heterocycles. The minimum atomic E-state index is 1.21. The van der Waals surface area contributed by atoms with Crippen LogP contribution in [-0.2, 0) is 0 Å². The van der Waals surface area contributed by atoms with Gasteiger partial charge in [-0.15, -0.1) is 22.7 Å². The SMILES string of the molecule is c1ccc(-c2ccc3c(c2)c2ccc(-c4ccccc4)cc2n3-c2cccc3c2sc2c(-c4ccccc4)cc(-c4ccc5sc6ccccc6c5c4)cc23)cc1. The molecule has 12 aromatic rings. The molecule has 0 bridgehead atoms. The zero-order chi connectivity index (χ0) is 37.5. The fraction of sp³-hybridized carbons (Fsp3) is 0. The van der Waals surface area contributed by atoms with E-state index in [-0.39, 0.29) is 0 Å². The molecule has 0 aliphatic heterocycles. The van der Waals surface area contributed by atoms with Gasteiger partial charge in [-0.3, -0.25) is 0 Å². The van der Waals surface area contributed by atoms with Crippen LogP contribution in [0.25, 0.3) is 112 Å². The lowest BCUT2D eigenvalue weighted by Crippen LogP contribution is -1.94. The summed E-state index contributed by atoms with van der Waals surface area (Å²) in [6.07, 6.45) is 0. The van der Waals surface area contributed by atoms with Gasteiger partial charge in [-0.25, -0.2) is 0 Å². The molecular formula is C54H33NS2. The number of hydrogen-bond acceptors (Lipinski definition) is 2. The molecule has 0 aliphatic carbocycles. The number of thiophene rings is 2. The van der Waals surface area contributed by atoms with Gasteiger partial charge >= 0.3 is 0 Å². The highest BCUT2D eigenvalue weighted by Gasteiger charge is 2.20. The molecule has 0 spiro atoms. The Labute approximate surface area is 338 Å². The first-order valence-electron chi connectivity index (χ1n) is 19.4. The minimum Gasteiger partial charge on any atom is -0.308 e. The van der Waals surface area contributed by atoms with Gasteiger partial charge in [-0.05, 0) is 93.5 Å². The number of fused-ring (bicyclic) bond motifs is 9. The van der Waals surface area contributed by atoms with E-state index >= 15 is 0 Å². The predicted molar refractivity (Wildman–Crippen MR) is 248 cm³/mol. The van der Waals surface area contributed by atoms with Crippen LogP contribution in [0.1, 0.15) is 0 Å². The summed E-state index contributed by atoms with van der Waals surface area (Å²) in [5.41, 5.74) is 13.5. The van der Waals surface area contributed by atoms with E-state index in [1.807, 2.05) is 22.7 Å². The molecule has 0 radical (unpaired) electrons. The third-order valence-electron chi connectivity index (χ3n) is 11.6. The van der Waals surface area contributed by atoms with E-state index < -0.39 is 0 Å². The van der Waals surface area contributed by atoms with Crippen molar-refractivity contribution >= 4 is 84.8 Å². The van der Waals surface area contributed by atoms with Crippen molar-refractivity contribution in [1.29, 1.82) is 0 Å². The fourth-order valence-electron chi connectivity index (χ4n) is 8.87. The van der Waals surface area contributed by atoms with E-state index in [2.05, 4.69) is 205 Å². The second-order valence-corrected chi connectivity index (χ2v) is 17.0. The van der Waals surface area contributed by atoms with Crippen molar-refractivity contribution < 1.29 is 0 Å². The van der Waals surface area contributed by atoms with Crippen LogP contribution in [0, 0.1) is 0 Å². The van der Waals surface area contributed by atoms with Gasteiger partial charge in [0, 0.05) is 52.0 Å². The minimum absolute atomic E-state index is 1.21. The molecule has 266 valence electrons. The van der Waals surface area contributed by atoms with E-state index in [1.165, 1.54) is 112 Å². The van der Waals surface area contributed by atoms with E-state index in [0.29, 0.717) is 0 Å². The lowest BCUT2D eigenvalue weighted by Gasteiger charge is -2.11. The molecule has 0 fully saturated rings. The Morgan fingerprint density at radius 2 is 0.877 bits per heavy atom. The van der Waals surface area contributed by atoms with Crippen LogP contribution >= 0.6 is 22.7 Å². The van der Waals surface area contributed by atoms with Crippen molar-refractivity contribution in [3.63, 3.8) is 0 Å². The molecule has 0 amide bonds. The van der Waals surface area contributed by atoms with Gasteiger partial charge in [0.25, 0.3) is 0 Å². The van der Waals surface area contributed by atoms with Crippen LogP contribution < -0.4 is 0 Å². The maximum absolute atomic E-state index is 2.52. The van der Waals surface area contributed by atoms with Crippen molar-refractivity contribution in [2.45, 2.75) is 0 Å². The van der Waals surface area contributed by atoms with E-state index in [0.717, 1.165) is 0 Å². The second-order valence-electron chi connectivity index (χ2n) is 14.9. The standard InChI is InChI=1S/C54H33NS2/c1-4-13-34(14-5-1)37-24-27-48-45(29-37)41-26-23-39(35-15-6-2-7-16-35)33-50(41)55(48)49-21-12-20-43-47-32-40(31-44(53(47)57-54(43)49)36-17-8-3-9-18-36)38-25-28-52-46(30-38)42-19-10-11-22-51(42)56-52/h1-33H. The van der Waals surface area contributed by atoms with Crippen LogP contribution in [0.3, 0.4) is 0 Å². The molecule has 1 nitrogen and oxygen atoms in total. The van der Waals surface area contributed by atoms with Crippen molar-refractivity contribution in [2.75, 3.05) is 0 Å². The monoisotopic (exact) mass is 759 g/mol. The zero-order valence-electron chi connectivity index (χ0n) is 30.8. The molecule has 3 heterocycles. The Morgan fingerprint density at radius 3 is 1.67 bits per heavy atom. The van der Waals surface area contributed by atoms with Crippen LogP contribution in [0.15, 0.2) is 200 Å². The van der Waals surface area contributed by atoms with Crippen molar-refractivity contribution in [1.82, 2.24) is 4.57 Å². The summed E-state index contributed by atoms with van der Waals surface area (Å²) in [7, 11) is 0. The topological polar surface area (TPSA) is 4.93 Å². The molecule has 0 unspecified atom stereocenters. The van der Waals surface area contributed by atoms with Gasteiger partial charge in [0.15, 0.2) is 0 Å². The molecule has 0 atom stereocenters. The van der Waals surface area contributed by atoms with E-state index in [1.54, 1.807) is 0 Å². The number of aromatic nitrogens is 1. The summed E-state index contributed by atoms with van der Waals surface area (Å²) < 4.78 is 7.78. The lowest BCUT2D eigenvalue weighted by molar-refractivity contribution is 1.20. The van der Waals surface area contributed by atoms with Gasteiger partial charge in [0.2, 0.25) is 0 Å². The third kappa shape index (κ3) is 5.20. The van der Waals surface area contributed by atoms with Gasteiger partial charge in [0.1, 0.15) is 0 Å². The highest BCUT2D eigenvalue weighted by molar-refractivity contribution is 7.27. The second kappa shape index (κ2) is 12.9. The van der Waals surface area contributed by atoms with Crippen LogP contribution in [-0.4, -0.2) is 4.57 Å². The van der Waals surface area contributed by atoms with Crippen molar-refractivity contribution in [3.05, 3.63) is 200 Å². The first-order chi connectivity index (χ1) is 28.2. The Bertz CT molecular complexity index is 3500. The fourth-order valence-corrected chi connectivity index (χ4v) is 11.3. The molecule has 9 aromatic carbocycles. The highest BCUT2D eigenvalue weighted by atomic mass is 32.1. The summed E-state index contributed by atoms with van der Waals surface area (Å²) in [5.74, 6) is 0. The smallest absolute Gasteiger partial charge is 0.0640 e. The molecule has 0 saturated heterocycles. The molecule has 3 heteroatoms. The summed E-state index contributed by atoms with van der Waals surface area (Å²) >= 11 is 3.79. The van der Waals surface area contributed by atoms with Gasteiger partial charge in [0.05, 0.1) is 21.4 Å². The summed E-state index contributed by atoms with van der Waals surface area (Å²) in [6.45, 7) is 0. The Hall–Kier alpha value is -6.78. The van der Waals surface area contributed by atoms with Crippen molar-refractivity contribution in [3.8, 4) is 50.2 Å². The van der Waals surface area contributed by atoms with Crippen LogP contribution in [0.5, 0.6) is 0 Å². The van der Waals surface area contributed by atoms with E-state index in [4.69, 9.17) is 0 Å². The summed E-state index contributed by atoms with van der Waals surface area (Å²) in [6, 6.07) is 73.9. The van der Waals surface area contributed by atoms with Gasteiger partial charge in [-0.2, -0.15) is 0 Å². The zero-order valence-corrected chi connectivity index (χ0v) is 32.4. The highest BCUT2D eigenvalue weighted by Crippen LogP contribution is 2.47. The Kier molecular flexibility index (Phi) is 7.34. The normalized spacial score (nSPS) is 11.9. The number of benzene rings is 9. The average Bonchev–Trinajstić information content (AvgIpc) is 3.96. The first-order valence-corrected chi connectivity index (χ1v) is 21.0. The Morgan fingerprint density at radius 1 is 0.281 bits per heavy atom. The van der Waals surface area contributed by atoms with Crippen LogP contribution in [0.4, 0.5) is 0 Å². The van der Waals surface area contributed by atoms with Crippen LogP contribution in [0.2, 0.25) is 0 Å². The maximum atomic E-state index is 2.52. The quantitative estimate of drug-likeness (QED) is 0.165. The summed E-state index contributed by atoms with van der Waals surface area (Å²) in [5, 5.41) is 7.73. The van der Waals surface area contributed by atoms with E-state index in [9.17, 15) is 0 Å². The van der Waals surface area contributed by atoms with Gasteiger partial charge < -0.3 is 4.57 Å². The lowest BCUT2D eigenvalue weighted by atomic mass is 9.95. The van der Waals surface area contributed by atoms with Gasteiger partial charge in [-0.1, -0.05) is 146 Å². The predicted octanol–water partition coefficient (Wildman–Crippen LogP) is 16.2. The molecule has 0 saturated carbocycles. The molecule has 12 rings (SSSR count). The molecule has 0 N–H and O–H groups in total. The Balaban J connectivity index is 1.13. The molecule has 57 heavy (non-hydrogen) atoms. The number of nitrogens with zero attached hydrogens (tertiary/aromatic N) is 1. The number of rotatable bonds is 5. The molecule has 0 aliphatic rings.